The van der Waals surface area contributed by atoms with Crippen LogP contribution in [0, 0.1) is 0 Å². The number of rotatable bonds is 5. The van der Waals surface area contributed by atoms with Gasteiger partial charge in [0.15, 0.2) is 0 Å². The van der Waals surface area contributed by atoms with E-state index in [1.165, 1.54) is 0 Å². The van der Waals surface area contributed by atoms with Crippen LogP contribution < -0.4 is 14.8 Å². The first-order valence-electron chi connectivity index (χ1n) is 10.4. The summed E-state index contributed by atoms with van der Waals surface area (Å²) in [6.45, 7) is 0.336. The number of amides is 2. The highest BCUT2D eigenvalue weighted by Gasteiger charge is 2.36. The Balaban J connectivity index is 1.41. The molecule has 1 unspecified atom stereocenters. The Kier molecular flexibility index (Phi) is 5.39. The number of carbonyl (C=O) groups is 1. The average Bonchev–Trinajstić information content (AvgIpc) is 3.53. The average molecular weight is 446 g/mol. The lowest BCUT2D eigenvalue weighted by Crippen LogP contribution is -2.41. The van der Waals surface area contributed by atoms with Crippen LogP contribution in [-0.4, -0.2) is 45.3 Å². The van der Waals surface area contributed by atoms with Gasteiger partial charge in [0.05, 0.1) is 38.5 Å². The zero-order valence-corrected chi connectivity index (χ0v) is 18.1. The molecule has 1 atom stereocenters. The van der Waals surface area contributed by atoms with Gasteiger partial charge in [0.2, 0.25) is 11.7 Å². The lowest BCUT2D eigenvalue weighted by molar-refractivity contribution is 0.155. The number of aromatic nitrogens is 4. The molecule has 2 aromatic carbocycles. The van der Waals surface area contributed by atoms with Gasteiger partial charge in [-0.1, -0.05) is 5.16 Å². The number of ether oxygens (including phenoxy) is 2. The van der Waals surface area contributed by atoms with Gasteiger partial charge in [0.25, 0.3) is 0 Å². The highest BCUT2D eigenvalue weighted by atomic mass is 16.5. The number of aromatic amines is 1. The lowest BCUT2D eigenvalue weighted by atomic mass is 10.0. The molecule has 10 nitrogen and oxygen atoms in total. The van der Waals surface area contributed by atoms with Crippen LogP contribution in [0.25, 0.3) is 11.4 Å². The predicted octanol–water partition coefficient (Wildman–Crippen LogP) is 3.81. The summed E-state index contributed by atoms with van der Waals surface area (Å²) in [6, 6.07) is 13.8. The molecule has 2 amide bonds. The second-order valence-electron chi connectivity index (χ2n) is 7.52. The number of H-pyrrole nitrogens is 1. The van der Waals surface area contributed by atoms with Crippen LogP contribution in [-0.2, 0) is 13.0 Å². The molecule has 33 heavy (non-hydrogen) atoms. The van der Waals surface area contributed by atoms with Crippen LogP contribution >= 0.6 is 0 Å². The Morgan fingerprint density at radius 2 is 1.79 bits per heavy atom. The number of nitrogens with zero attached hydrogens (tertiary/aromatic N) is 4. The monoisotopic (exact) mass is 446 g/mol. The van der Waals surface area contributed by atoms with Crippen molar-refractivity contribution in [1.29, 1.82) is 0 Å². The predicted molar refractivity (Wildman–Crippen MR) is 119 cm³/mol. The number of hydrogen-bond donors (Lipinski definition) is 2. The summed E-state index contributed by atoms with van der Waals surface area (Å²) in [5.41, 5.74) is 3.19. The van der Waals surface area contributed by atoms with Crippen molar-refractivity contribution >= 4 is 11.7 Å². The second-order valence-corrected chi connectivity index (χ2v) is 7.52. The van der Waals surface area contributed by atoms with Crippen LogP contribution in [0.3, 0.4) is 0 Å². The molecule has 5 rings (SSSR count). The number of hydrogen-bond acceptors (Lipinski definition) is 7. The number of imidazole rings is 1. The minimum atomic E-state index is -0.460. The van der Waals surface area contributed by atoms with Crippen LogP contribution in [0.4, 0.5) is 10.5 Å². The fourth-order valence-electron chi connectivity index (χ4n) is 3.77. The van der Waals surface area contributed by atoms with E-state index in [1.807, 2.05) is 24.3 Å². The van der Waals surface area contributed by atoms with E-state index in [0.29, 0.717) is 36.1 Å². The third-order valence-corrected chi connectivity index (χ3v) is 5.58. The molecule has 4 aromatic rings. The van der Waals surface area contributed by atoms with Gasteiger partial charge in [-0.25, -0.2) is 9.78 Å². The second kappa shape index (κ2) is 8.65. The SMILES string of the molecule is COc1ccc(NC(=O)N2Cc3[nH]cnc3CC2c2nc(-c3ccc(OC)cc3)no2)cc1. The van der Waals surface area contributed by atoms with Gasteiger partial charge in [-0.05, 0) is 48.5 Å². The molecule has 168 valence electrons. The number of benzene rings is 2. The van der Waals surface area contributed by atoms with Crippen molar-refractivity contribution in [3.05, 3.63) is 72.1 Å². The highest BCUT2D eigenvalue weighted by Crippen LogP contribution is 2.33. The molecule has 2 N–H and O–H groups in total. The van der Waals surface area contributed by atoms with E-state index >= 15 is 0 Å². The molecule has 0 fully saturated rings. The molecule has 1 aliphatic rings. The highest BCUT2D eigenvalue weighted by molar-refractivity contribution is 5.89. The summed E-state index contributed by atoms with van der Waals surface area (Å²) in [7, 11) is 3.21. The Hall–Kier alpha value is -4.34. The molecule has 10 heteroatoms. The van der Waals surface area contributed by atoms with E-state index in [4.69, 9.17) is 14.0 Å². The topological polar surface area (TPSA) is 118 Å². The Morgan fingerprint density at radius 3 is 2.48 bits per heavy atom. The van der Waals surface area contributed by atoms with E-state index in [2.05, 4.69) is 25.4 Å². The van der Waals surface area contributed by atoms with Crippen molar-refractivity contribution in [2.24, 2.45) is 0 Å². The molecular weight excluding hydrogens is 424 g/mol. The van der Waals surface area contributed by atoms with Crippen LogP contribution in [0.5, 0.6) is 11.5 Å². The van der Waals surface area contributed by atoms with E-state index in [0.717, 1.165) is 22.7 Å². The first-order valence-corrected chi connectivity index (χ1v) is 10.4. The van der Waals surface area contributed by atoms with Crippen molar-refractivity contribution in [2.75, 3.05) is 19.5 Å². The summed E-state index contributed by atoms with van der Waals surface area (Å²) in [5.74, 6) is 2.24. The van der Waals surface area contributed by atoms with Crippen LogP contribution in [0.2, 0.25) is 0 Å². The maximum absolute atomic E-state index is 13.2. The number of methoxy groups -OCH3 is 2. The van der Waals surface area contributed by atoms with Crippen molar-refractivity contribution < 1.29 is 18.8 Å². The molecule has 1 aliphatic heterocycles. The summed E-state index contributed by atoms with van der Waals surface area (Å²) in [5, 5.41) is 7.06. The maximum Gasteiger partial charge on any atom is 0.322 e. The van der Waals surface area contributed by atoms with E-state index in [-0.39, 0.29) is 6.03 Å². The molecule has 0 bridgehead atoms. The number of fused-ring (bicyclic) bond motifs is 1. The van der Waals surface area contributed by atoms with E-state index in [9.17, 15) is 4.79 Å². The fraction of sp³-hybridized carbons (Fsp3) is 0.217. The fourth-order valence-corrected chi connectivity index (χ4v) is 3.77. The van der Waals surface area contributed by atoms with E-state index < -0.39 is 6.04 Å². The molecule has 0 aliphatic carbocycles. The van der Waals surface area contributed by atoms with Crippen LogP contribution in [0.15, 0.2) is 59.4 Å². The molecule has 0 radical (unpaired) electrons. The smallest absolute Gasteiger partial charge is 0.322 e. The van der Waals surface area contributed by atoms with Crippen molar-refractivity contribution in [1.82, 2.24) is 25.0 Å². The molecule has 2 aromatic heterocycles. The first-order chi connectivity index (χ1) is 16.1. The van der Waals surface area contributed by atoms with Crippen LogP contribution in [0.1, 0.15) is 23.3 Å². The van der Waals surface area contributed by atoms with Crippen molar-refractivity contribution in [3.8, 4) is 22.9 Å². The molecule has 0 spiro atoms. The Labute approximate surface area is 189 Å². The van der Waals surface area contributed by atoms with Crippen molar-refractivity contribution in [3.63, 3.8) is 0 Å². The minimum Gasteiger partial charge on any atom is -0.497 e. The third-order valence-electron chi connectivity index (χ3n) is 5.58. The summed E-state index contributed by atoms with van der Waals surface area (Å²) < 4.78 is 16.0. The Bertz CT molecular complexity index is 1250. The van der Waals surface area contributed by atoms with Gasteiger partial charge in [0.1, 0.15) is 17.5 Å². The molecule has 0 saturated heterocycles. The Morgan fingerprint density at radius 1 is 1.09 bits per heavy atom. The molecule has 0 saturated carbocycles. The van der Waals surface area contributed by atoms with Crippen molar-refractivity contribution in [2.45, 2.75) is 19.0 Å². The number of nitrogens with one attached hydrogen (secondary N) is 2. The lowest BCUT2D eigenvalue weighted by Gasteiger charge is -2.32. The van der Waals surface area contributed by atoms with Gasteiger partial charge in [-0.3, -0.25) is 0 Å². The quantitative estimate of drug-likeness (QED) is 0.478. The molecule has 3 heterocycles. The van der Waals surface area contributed by atoms with Gasteiger partial charge in [0, 0.05) is 17.7 Å². The standard InChI is InChI=1S/C23H22N6O4/c1-31-16-7-3-14(4-8-16)21-27-22(33-28-21)20-11-18-19(25-13-24-18)12-29(20)23(30)26-15-5-9-17(32-2)10-6-15/h3-10,13,20H,11-12H2,1-2H3,(H,24,25)(H,26,30). The van der Waals surface area contributed by atoms with Gasteiger partial charge in [-0.15, -0.1) is 0 Å². The summed E-state index contributed by atoms with van der Waals surface area (Å²) >= 11 is 0. The van der Waals surface area contributed by atoms with Gasteiger partial charge in [-0.2, -0.15) is 4.98 Å². The first kappa shape index (κ1) is 20.6. The summed E-state index contributed by atoms with van der Waals surface area (Å²) in [6.07, 6.45) is 2.09. The largest absolute Gasteiger partial charge is 0.497 e. The zero-order chi connectivity index (χ0) is 22.8. The van der Waals surface area contributed by atoms with Gasteiger partial charge < -0.3 is 29.2 Å². The maximum atomic E-state index is 13.2. The number of carbonyl (C=O) groups excluding carboxylic acids is 1. The third kappa shape index (κ3) is 4.10. The van der Waals surface area contributed by atoms with E-state index in [1.54, 1.807) is 49.7 Å². The molecular formula is C23H22N6O4. The minimum absolute atomic E-state index is 0.283. The summed E-state index contributed by atoms with van der Waals surface area (Å²) in [4.78, 5) is 27.0. The van der Waals surface area contributed by atoms with Gasteiger partial charge >= 0.3 is 6.03 Å². The number of urea groups is 1. The zero-order valence-electron chi connectivity index (χ0n) is 18.1. The number of anilines is 1. The normalized spacial score (nSPS) is 15.1.